The van der Waals surface area contributed by atoms with Crippen molar-refractivity contribution < 1.29 is 9.90 Å². The number of nitrogens with zero attached hydrogens (tertiary/aromatic N) is 1. The summed E-state index contributed by atoms with van der Waals surface area (Å²) in [4.78, 5) is 16.4. The van der Waals surface area contributed by atoms with Crippen LogP contribution in [0.5, 0.6) is 0 Å². The number of aromatic nitrogens is 1. The van der Waals surface area contributed by atoms with Gasteiger partial charge < -0.3 is 5.11 Å². The highest BCUT2D eigenvalue weighted by Crippen LogP contribution is 2.32. The Labute approximate surface area is 145 Å². The molecule has 0 bridgehead atoms. The van der Waals surface area contributed by atoms with Gasteiger partial charge in [0.25, 0.3) is 0 Å². The zero-order valence-corrected chi connectivity index (χ0v) is 14.6. The second-order valence-corrected chi connectivity index (χ2v) is 6.63. The van der Waals surface area contributed by atoms with Crippen LogP contribution in [0, 0.1) is 6.92 Å². The van der Waals surface area contributed by atoms with Crippen LogP contribution in [0.3, 0.4) is 0 Å². The lowest BCUT2D eigenvalue weighted by Crippen LogP contribution is -2.02. The number of hydrogen-bond donors (Lipinski definition) is 1. The monoisotopic (exact) mass is 339 g/mol. The van der Waals surface area contributed by atoms with Crippen LogP contribution < -0.4 is 0 Å². The quantitative estimate of drug-likeness (QED) is 0.667. The van der Waals surface area contributed by atoms with Gasteiger partial charge in [0.2, 0.25) is 0 Å². The number of benzene rings is 2. The molecule has 122 valence electrons. The number of aromatic carboxylic acids is 1. The first kappa shape index (κ1) is 16.5. The molecule has 3 aromatic rings. The molecule has 1 N–H and O–H groups in total. The first-order valence-corrected chi connectivity index (χ1v) is 8.19. The molecule has 4 heteroatoms. The molecule has 24 heavy (non-hydrogen) atoms. The molecule has 0 unspecified atom stereocenters. The average Bonchev–Trinajstić information content (AvgIpc) is 2.57. The van der Waals surface area contributed by atoms with E-state index in [2.05, 4.69) is 31.0 Å². The average molecular weight is 340 g/mol. The maximum atomic E-state index is 11.7. The van der Waals surface area contributed by atoms with Gasteiger partial charge in [0.15, 0.2) is 0 Å². The number of rotatable bonds is 3. The molecule has 0 radical (unpaired) electrons. The fourth-order valence-corrected chi connectivity index (χ4v) is 3.04. The molecule has 3 nitrogen and oxygen atoms in total. The minimum Gasteiger partial charge on any atom is -0.478 e. The fourth-order valence-electron chi connectivity index (χ4n) is 2.79. The molecule has 0 atom stereocenters. The maximum Gasteiger partial charge on any atom is 0.336 e. The van der Waals surface area contributed by atoms with Gasteiger partial charge in [0.05, 0.1) is 21.8 Å². The highest BCUT2D eigenvalue weighted by Gasteiger charge is 2.17. The van der Waals surface area contributed by atoms with Crippen molar-refractivity contribution in [3.05, 3.63) is 64.2 Å². The number of pyridine rings is 1. The van der Waals surface area contributed by atoms with Gasteiger partial charge in [0, 0.05) is 10.9 Å². The van der Waals surface area contributed by atoms with Crippen LogP contribution in [0.4, 0.5) is 0 Å². The summed E-state index contributed by atoms with van der Waals surface area (Å²) in [5.41, 5.74) is 4.47. The number of fused-ring (bicyclic) bond motifs is 1. The highest BCUT2D eigenvalue weighted by molar-refractivity contribution is 6.36. The summed E-state index contributed by atoms with van der Waals surface area (Å²) in [6.45, 7) is 6.18. The molecular weight excluding hydrogens is 322 g/mol. The van der Waals surface area contributed by atoms with E-state index in [-0.39, 0.29) is 5.56 Å². The van der Waals surface area contributed by atoms with E-state index < -0.39 is 5.97 Å². The van der Waals surface area contributed by atoms with Crippen LogP contribution in [0.25, 0.3) is 22.2 Å². The van der Waals surface area contributed by atoms with Gasteiger partial charge in [-0.3, -0.25) is 0 Å². The van der Waals surface area contributed by atoms with Crippen molar-refractivity contribution in [2.24, 2.45) is 0 Å². The smallest absolute Gasteiger partial charge is 0.336 e. The molecule has 0 fully saturated rings. The molecular formula is C20H18ClNO2. The maximum absolute atomic E-state index is 11.7. The van der Waals surface area contributed by atoms with Crippen LogP contribution >= 0.6 is 11.6 Å². The minimum atomic E-state index is -1.00. The van der Waals surface area contributed by atoms with Gasteiger partial charge in [-0.05, 0) is 36.1 Å². The zero-order chi connectivity index (χ0) is 17.4. The third-order valence-electron chi connectivity index (χ3n) is 4.21. The Balaban J connectivity index is 2.26. The third-order valence-corrected chi connectivity index (χ3v) is 4.53. The van der Waals surface area contributed by atoms with E-state index in [1.807, 2.05) is 25.1 Å². The van der Waals surface area contributed by atoms with E-state index in [9.17, 15) is 9.90 Å². The van der Waals surface area contributed by atoms with Crippen molar-refractivity contribution in [3.63, 3.8) is 0 Å². The Morgan fingerprint density at radius 3 is 2.38 bits per heavy atom. The molecule has 0 aliphatic rings. The van der Waals surface area contributed by atoms with Crippen molar-refractivity contribution in [1.29, 1.82) is 0 Å². The number of aryl methyl sites for hydroxylation is 1. The van der Waals surface area contributed by atoms with Crippen molar-refractivity contribution in [1.82, 2.24) is 4.98 Å². The molecule has 0 aliphatic carbocycles. The van der Waals surface area contributed by atoms with Crippen molar-refractivity contribution in [3.8, 4) is 11.3 Å². The summed E-state index contributed by atoms with van der Waals surface area (Å²) in [6.07, 6.45) is 0. The summed E-state index contributed by atoms with van der Waals surface area (Å²) < 4.78 is 0. The second-order valence-electron chi connectivity index (χ2n) is 6.22. The lowest BCUT2D eigenvalue weighted by molar-refractivity contribution is 0.0699. The van der Waals surface area contributed by atoms with Crippen LogP contribution in [0.15, 0.2) is 42.5 Å². The Kier molecular flexibility index (Phi) is 4.29. The summed E-state index contributed by atoms with van der Waals surface area (Å²) in [5, 5.41) is 10.5. The predicted molar refractivity (Wildman–Crippen MR) is 98.0 cm³/mol. The summed E-state index contributed by atoms with van der Waals surface area (Å²) >= 11 is 6.23. The molecule has 1 heterocycles. The second kappa shape index (κ2) is 6.25. The number of carboxylic acids is 1. The first-order chi connectivity index (χ1) is 11.4. The first-order valence-electron chi connectivity index (χ1n) is 7.82. The summed E-state index contributed by atoms with van der Waals surface area (Å²) in [5.74, 6) is -0.561. The molecule has 2 aromatic carbocycles. The van der Waals surface area contributed by atoms with Gasteiger partial charge >= 0.3 is 5.97 Å². The topological polar surface area (TPSA) is 50.2 Å². The lowest BCUT2D eigenvalue weighted by Gasteiger charge is -2.11. The molecule has 0 spiro atoms. The molecule has 0 saturated heterocycles. The van der Waals surface area contributed by atoms with Crippen LogP contribution in [0.2, 0.25) is 5.02 Å². The SMILES string of the molecule is Cc1ccc(Cl)c2c(C(=O)O)cc(-c3ccc(C(C)C)cc3)nc12. The number of carboxylic acid groups (broad SMARTS) is 1. The van der Waals surface area contributed by atoms with E-state index >= 15 is 0 Å². The number of hydrogen-bond acceptors (Lipinski definition) is 2. The lowest BCUT2D eigenvalue weighted by atomic mass is 9.98. The van der Waals surface area contributed by atoms with Crippen LogP contribution in [0.1, 0.15) is 41.3 Å². The van der Waals surface area contributed by atoms with Crippen molar-refractivity contribution in [2.75, 3.05) is 0 Å². The van der Waals surface area contributed by atoms with Gasteiger partial charge in [-0.25, -0.2) is 9.78 Å². The summed E-state index contributed by atoms with van der Waals surface area (Å²) in [6, 6.07) is 13.2. The van der Waals surface area contributed by atoms with E-state index in [1.165, 1.54) is 5.56 Å². The molecule has 0 aliphatic heterocycles. The van der Waals surface area contributed by atoms with E-state index in [0.29, 0.717) is 27.5 Å². The largest absolute Gasteiger partial charge is 0.478 e. The Morgan fingerprint density at radius 1 is 1.12 bits per heavy atom. The number of carbonyl (C=O) groups is 1. The zero-order valence-electron chi connectivity index (χ0n) is 13.8. The van der Waals surface area contributed by atoms with E-state index in [1.54, 1.807) is 12.1 Å². The molecule has 3 rings (SSSR count). The third kappa shape index (κ3) is 2.87. The van der Waals surface area contributed by atoms with Gasteiger partial charge in [-0.15, -0.1) is 0 Å². The predicted octanol–water partition coefficient (Wildman–Crippen LogP) is 5.69. The highest BCUT2D eigenvalue weighted by atomic mass is 35.5. The van der Waals surface area contributed by atoms with E-state index in [0.717, 1.165) is 11.1 Å². The minimum absolute atomic E-state index is 0.177. The summed E-state index contributed by atoms with van der Waals surface area (Å²) in [7, 11) is 0. The van der Waals surface area contributed by atoms with Gasteiger partial charge in [-0.2, -0.15) is 0 Å². The Bertz CT molecular complexity index is 931. The van der Waals surface area contributed by atoms with Gasteiger partial charge in [-0.1, -0.05) is 55.8 Å². The molecule has 1 aromatic heterocycles. The van der Waals surface area contributed by atoms with Crippen LogP contribution in [-0.4, -0.2) is 16.1 Å². The van der Waals surface area contributed by atoms with Gasteiger partial charge in [0.1, 0.15) is 0 Å². The molecule has 0 amide bonds. The Morgan fingerprint density at radius 2 is 1.79 bits per heavy atom. The number of halogens is 1. The van der Waals surface area contributed by atoms with E-state index in [4.69, 9.17) is 11.6 Å². The standard InChI is InChI=1S/C20H18ClNO2/c1-11(2)13-5-7-14(8-6-13)17-10-15(20(23)24)18-16(21)9-4-12(3)19(18)22-17/h4-11H,1-3H3,(H,23,24). The molecule has 0 saturated carbocycles. The Hall–Kier alpha value is -2.39. The fraction of sp³-hybridized carbons (Fsp3) is 0.200. The van der Waals surface area contributed by atoms with Crippen LogP contribution in [-0.2, 0) is 0 Å². The van der Waals surface area contributed by atoms with Crippen molar-refractivity contribution >= 4 is 28.5 Å². The van der Waals surface area contributed by atoms with Crippen molar-refractivity contribution in [2.45, 2.75) is 26.7 Å². The normalized spacial score (nSPS) is 11.2.